The lowest BCUT2D eigenvalue weighted by Crippen LogP contribution is -2.53. The number of hydrogen-bond donors (Lipinski definition) is 1. The van der Waals surface area contributed by atoms with Gasteiger partial charge in [-0.15, -0.1) is 11.3 Å². The number of guanidine groups is 1. The van der Waals surface area contributed by atoms with Gasteiger partial charge in [-0.25, -0.2) is 0 Å². The summed E-state index contributed by atoms with van der Waals surface area (Å²) in [7, 11) is 0. The molecule has 2 unspecified atom stereocenters. The van der Waals surface area contributed by atoms with Gasteiger partial charge in [-0.3, -0.25) is 4.99 Å². The zero-order valence-electron chi connectivity index (χ0n) is 12.4. The molecule has 1 N–H and O–H groups in total. The Morgan fingerprint density at radius 2 is 2.15 bits per heavy atom. The minimum atomic E-state index is 0.649. The summed E-state index contributed by atoms with van der Waals surface area (Å²) in [6.07, 6.45) is 1.29. The molecule has 2 fully saturated rings. The summed E-state index contributed by atoms with van der Waals surface area (Å²) in [5.74, 6) is 1.93. The molecular weight excluding hydrogens is 268 g/mol. The van der Waals surface area contributed by atoms with Crippen molar-refractivity contribution in [3.63, 3.8) is 0 Å². The smallest absolute Gasteiger partial charge is 0.194 e. The van der Waals surface area contributed by atoms with E-state index in [9.17, 15) is 0 Å². The van der Waals surface area contributed by atoms with Gasteiger partial charge in [-0.05, 0) is 36.8 Å². The van der Waals surface area contributed by atoms with Crippen LogP contribution in [0.5, 0.6) is 0 Å². The number of nitrogens with one attached hydrogen (secondary N) is 1. The lowest BCUT2D eigenvalue weighted by molar-refractivity contribution is 0.372. The van der Waals surface area contributed by atoms with Crippen LogP contribution in [0.2, 0.25) is 0 Å². The highest BCUT2D eigenvalue weighted by Crippen LogP contribution is 2.29. The molecule has 1 aliphatic carbocycles. The summed E-state index contributed by atoms with van der Waals surface area (Å²) in [6.45, 7) is 9.57. The quantitative estimate of drug-likeness (QED) is 0.685. The lowest BCUT2D eigenvalue weighted by atomic mass is 10.3. The summed E-state index contributed by atoms with van der Waals surface area (Å²) in [4.78, 5) is 9.56. The van der Waals surface area contributed by atoms with E-state index in [4.69, 9.17) is 0 Å². The van der Waals surface area contributed by atoms with E-state index in [-0.39, 0.29) is 0 Å². The van der Waals surface area contributed by atoms with Crippen molar-refractivity contribution in [1.29, 1.82) is 0 Å². The first-order valence-electron chi connectivity index (χ1n) is 7.62. The van der Waals surface area contributed by atoms with Crippen LogP contribution >= 0.6 is 11.3 Å². The van der Waals surface area contributed by atoms with Crippen LogP contribution in [-0.2, 0) is 0 Å². The van der Waals surface area contributed by atoms with Crippen molar-refractivity contribution in [1.82, 2.24) is 10.2 Å². The molecule has 0 aromatic carbocycles. The topological polar surface area (TPSA) is 30.9 Å². The Labute approximate surface area is 125 Å². The van der Waals surface area contributed by atoms with Crippen molar-refractivity contribution in [2.45, 2.75) is 26.3 Å². The van der Waals surface area contributed by atoms with Gasteiger partial charge in [0.05, 0.1) is 5.00 Å². The summed E-state index contributed by atoms with van der Waals surface area (Å²) >= 11 is 1.83. The number of piperazine rings is 1. The second-order valence-electron chi connectivity index (χ2n) is 5.69. The van der Waals surface area contributed by atoms with Crippen molar-refractivity contribution in [2.24, 2.45) is 10.9 Å². The number of thiophene rings is 1. The first kappa shape index (κ1) is 13.7. The highest BCUT2D eigenvalue weighted by atomic mass is 32.1. The van der Waals surface area contributed by atoms with Crippen LogP contribution in [0.15, 0.2) is 22.5 Å². The predicted octanol–water partition coefficient (Wildman–Crippen LogP) is 2.24. The van der Waals surface area contributed by atoms with Crippen LogP contribution in [0.25, 0.3) is 0 Å². The fraction of sp³-hybridized carbons (Fsp3) is 0.667. The van der Waals surface area contributed by atoms with Gasteiger partial charge in [-0.2, -0.15) is 0 Å². The van der Waals surface area contributed by atoms with Gasteiger partial charge >= 0.3 is 0 Å². The van der Waals surface area contributed by atoms with E-state index < -0.39 is 0 Å². The van der Waals surface area contributed by atoms with Crippen LogP contribution in [0.1, 0.15) is 20.3 Å². The Morgan fingerprint density at radius 1 is 1.40 bits per heavy atom. The van der Waals surface area contributed by atoms with Crippen molar-refractivity contribution in [2.75, 3.05) is 37.6 Å². The van der Waals surface area contributed by atoms with Gasteiger partial charge < -0.3 is 15.1 Å². The van der Waals surface area contributed by atoms with Crippen molar-refractivity contribution in [3.8, 4) is 0 Å². The maximum absolute atomic E-state index is 4.67. The largest absolute Gasteiger partial charge is 0.360 e. The molecular formula is C15H24N4S. The standard InChI is InChI=1S/C15H24N4S/c1-3-16-15(17-13-11-12(13)2)19-8-6-18(7-9-19)14-5-4-10-20-14/h4-5,10,12-13H,3,6-9,11H2,1-2H3,(H,16,17). The monoisotopic (exact) mass is 292 g/mol. The molecule has 110 valence electrons. The SMILES string of the molecule is CCN=C(NC1CC1C)N1CCN(c2cccs2)CC1. The maximum Gasteiger partial charge on any atom is 0.194 e. The Hall–Kier alpha value is -1.23. The van der Waals surface area contributed by atoms with Crippen LogP contribution in [-0.4, -0.2) is 49.6 Å². The van der Waals surface area contributed by atoms with Gasteiger partial charge in [0.25, 0.3) is 0 Å². The summed E-state index contributed by atoms with van der Waals surface area (Å²) in [5, 5.41) is 7.17. The summed E-state index contributed by atoms with van der Waals surface area (Å²) in [6, 6.07) is 4.99. The zero-order chi connectivity index (χ0) is 13.9. The molecule has 3 rings (SSSR count). The first-order chi connectivity index (χ1) is 9.78. The minimum absolute atomic E-state index is 0.649. The molecule has 0 bridgehead atoms. The molecule has 1 aliphatic heterocycles. The molecule has 1 saturated carbocycles. The van der Waals surface area contributed by atoms with Crippen molar-refractivity contribution in [3.05, 3.63) is 17.5 Å². The normalized spacial score (nSPS) is 26.8. The van der Waals surface area contributed by atoms with Crippen molar-refractivity contribution < 1.29 is 0 Å². The van der Waals surface area contributed by atoms with Crippen LogP contribution in [0.3, 0.4) is 0 Å². The van der Waals surface area contributed by atoms with E-state index in [0.717, 1.165) is 44.6 Å². The van der Waals surface area contributed by atoms with E-state index in [1.807, 2.05) is 11.3 Å². The minimum Gasteiger partial charge on any atom is -0.360 e. The number of hydrogen-bond acceptors (Lipinski definition) is 3. The van der Waals surface area contributed by atoms with E-state index in [0.29, 0.717) is 6.04 Å². The van der Waals surface area contributed by atoms with Crippen LogP contribution in [0, 0.1) is 5.92 Å². The molecule has 0 radical (unpaired) electrons. The molecule has 1 aromatic heterocycles. The average molecular weight is 292 g/mol. The van der Waals surface area contributed by atoms with E-state index in [1.165, 1.54) is 11.4 Å². The predicted molar refractivity (Wildman–Crippen MR) is 86.8 cm³/mol. The van der Waals surface area contributed by atoms with E-state index in [2.05, 4.69) is 51.5 Å². The highest BCUT2D eigenvalue weighted by molar-refractivity contribution is 7.14. The van der Waals surface area contributed by atoms with Crippen LogP contribution in [0.4, 0.5) is 5.00 Å². The molecule has 2 heterocycles. The number of anilines is 1. The average Bonchev–Trinajstić information content (AvgIpc) is 2.95. The van der Waals surface area contributed by atoms with Gasteiger partial charge in [0, 0.05) is 38.8 Å². The van der Waals surface area contributed by atoms with Gasteiger partial charge in [-0.1, -0.05) is 6.92 Å². The second kappa shape index (κ2) is 6.04. The third-order valence-corrected chi connectivity index (χ3v) is 5.06. The lowest BCUT2D eigenvalue weighted by Gasteiger charge is -2.37. The summed E-state index contributed by atoms with van der Waals surface area (Å²) in [5.41, 5.74) is 0. The van der Waals surface area contributed by atoms with Crippen LogP contribution < -0.4 is 10.2 Å². The summed E-state index contributed by atoms with van der Waals surface area (Å²) < 4.78 is 0. The molecule has 2 aliphatic rings. The maximum atomic E-state index is 4.67. The second-order valence-corrected chi connectivity index (χ2v) is 6.61. The molecule has 0 amide bonds. The molecule has 20 heavy (non-hydrogen) atoms. The number of aliphatic imine (C=N–C) groups is 1. The number of rotatable bonds is 3. The Balaban J connectivity index is 1.56. The van der Waals surface area contributed by atoms with Gasteiger partial charge in [0.1, 0.15) is 0 Å². The Morgan fingerprint density at radius 3 is 2.70 bits per heavy atom. The molecule has 4 nitrogen and oxygen atoms in total. The fourth-order valence-electron chi connectivity index (χ4n) is 2.66. The van der Waals surface area contributed by atoms with Gasteiger partial charge in [0.2, 0.25) is 0 Å². The Bertz CT molecular complexity index is 448. The molecule has 0 spiro atoms. The Kier molecular flexibility index (Phi) is 4.15. The highest BCUT2D eigenvalue weighted by Gasteiger charge is 2.34. The molecule has 1 aromatic rings. The van der Waals surface area contributed by atoms with Gasteiger partial charge in [0.15, 0.2) is 5.96 Å². The molecule has 5 heteroatoms. The first-order valence-corrected chi connectivity index (χ1v) is 8.50. The fourth-order valence-corrected chi connectivity index (χ4v) is 3.45. The molecule has 1 saturated heterocycles. The molecule has 2 atom stereocenters. The van der Waals surface area contributed by atoms with Crippen molar-refractivity contribution >= 4 is 22.3 Å². The third-order valence-electron chi connectivity index (χ3n) is 4.13. The third kappa shape index (κ3) is 3.08. The number of nitrogens with zero attached hydrogens (tertiary/aromatic N) is 3. The van der Waals surface area contributed by atoms with E-state index in [1.54, 1.807) is 0 Å². The zero-order valence-corrected chi connectivity index (χ0v) is 13.2. The van der Waals surface area contributed by atoms with E-state index >= 15 is 0 Å².